The van der Waals surface area contributed by atoms with E-state index < -0.39 is 0 Å². The van der Waals surface area contributed by atoms with Crippen molar-refractivity contribution in [3.63, 3.8) is 0 Å². The molecule has 0 aromatic carbocycles. The first-order valence-corrected chi connectivity index (χ1v) is 58.9. The molecule has 0 aliphatic heterocycles. The van der Waals surface area contributed by atoms with Gasteiger partial charge in [-0.15, -0.1) is 0 Å². The number of fused-ring (bicyclic) bond motifs is 28. The summed E-state index contributed by atoms with van der Waals surface area (Å²) < 4.78 is 5.85. The van der Waals surface area contributed by atoms with Gasteiger partial charge in [-0.2, -0.15) is 0 Å². The maximum Gasteiger partial charge on any atom is 0.302 e. The van der Waals surface area contributed by atoms with Crippen molar-refractivity contribution < 1.29 is 48.6 Å². The zero-order valence-electron chi connectivity index (χ0n) is 96.1. The summed E-state index contributed by atoms with van der Waals surface area (Å²) in [5.41, 5.74) is 8.38. The average Bonchev–Trinajstić information content (AvgIpc) is 0.680. The zero-order chi connectivity index (χ0) is 104. The highest BCUT2D eigenvalue weighted by molar-refractivity contribution is 5.98. The Kier molecular flexibility index (Phi) is 26.5. The smallest absolute Gasteiger partial charge is 0.302 e. The van der Waals surface area contributed by atoms with E-state index in [-0.39, 0.29) is 145 Å². The highest BCUT2D eigenvalue weighted by Gasteiger charge is 2.77. The van der Waals surface area contributed by atoms with Gasteiger partial charge < -0.3 is 15.1 Å². The Hall–Kier alpha value is -4.38. The molecule has 15 saturated carbocycles. The topological polar surface area (TPSA) is 182 Å². The lowest BCUT2D eigenvalue weighted by Gasteiger charge is -2.71. The molecule has 20 rings (SSSR count). The number of rotatable bonds is 9. The van der Waals surface area contributed by atoms with Gasteiger partial charge in [0.05, 0.1) is 11.8 Å². The molecule has 2 N–H and O–H groups in total. The molecule has 0 saturated heterocycles. The van der Waals surface area contributed by atoms with Crippen molar-refractivity contribution in [1.29, 1.82) is 0 Å². The highest BCUT2D eigenvalue weighted by atomic mass is 16.5. The first-order valence-electron chi connectivity index (χ1n) is 58.9. The minimum Gasteiger partial charge on any atom is -0.462 e. The third kappa shape index (κ3) is 15.2. The van der Waals surface area contributed by atoms with Crippen LogP contribution in [-0.4, -0.2) is 68.9 Å². The van der Waals surface area contributed by atoms with Crippen molar-refractivity contribution in [1.82, 2.24) is 0 Å². The maximum absolute atomic E-state index is 14.5. The Morgan fingerprint density at radius 1 is 0.355 bits per heavy atom. The second-order valence-electron chi connectivity index (χ2n) is 62.1. The lowest BCUT2D eigenvalue weighted by atomic mass is 9.33. The molecule has 0 aromatic heterocycles. The van der Waals surface area contributed by atoms with Gasteiger partial charge in [0.2, 0.25) is 0 Å². The Labute approximate surface area is 858 Å². The van der Waals surface area contributed by atoms with E-state index in [4.69, 9.17) is 4.74 Å². The fourth-order valence-electron chi connectivity index (χ4n) is 44.0. The number of esters is 1. The summed E-state index contributed by atoms with van der Waals surface area (Å²) in [6, 6.07) is 0. The number of aliphatic hydroxyl groups excluding tert-OH is 1. The van der Waals surface area contributed by atoms with Crippen LogP contribution in [0.4, 0.5) is 0 Å². The number of ketones is 6. The van der Waals surface area contributed by atoms with Gasteiger partial charge in [0.25, 0.3) is 0 Å². The van der Waals surface area contributed by atoms with Crippen molar-refractivity contribution in [3.05, 3.63) is 58.7 Å². The number of hydrogen-bond acceptors (Lipinski definition) is 11. The predicted molar refractivity (Wildman–Crippen MR) is 573 cm³/mol. The number of carbonyl (C=O) groups is 7. The molecular weight excluding hydrogens is 1740 g/mol. The second-order valence-corrected chi connectivity index (χ2v) is 62.1. The Morgan fingerprint density at radius 2 is 0.681 bits per heavy atom. The van der Waals surface area contributed by atoms with E-state index in [9.17, 15) is 43.9 Å². The molecule has 20 aliphatic carbocycles. The minimum absolute atomic E-state index is 0.000234. The summed E-state index contributed by atoms with van der Waals surface area (Å²) >= 11 is 0. The average molecular weight is 1940 g/mol. The van der Waals surface area contributed by atoms with Crippen LogP contribution < -0.4 is 0 Å². The van der Waals surface area contributed by atoms with Gasteiger partial charge >= 0.3 is 5.97 Å². The Morgan fingerprint density at radius 3 is 1.05 bits per heavy atom. The number of allylic oxidation sites excluding steroid dienone is 10. The van der Waals surface area contributed by atoms with Gasteiger partial charge in [0.1, 0.15) is 29.2 Å². The summed E-state index contributed by atoms with van der Waals surface area (Å²) in [5, 5.41) is 24.5. The standard InChI is InChI=1S/C34H52O4.C32H51NO2.C32H50O3.C32H50O/c1-10-26(37)34-17-15-29(3,4)20-23(34)22-19-24(36)28-31(7)13-12-27(38-21(2)35)30(5,6)25(31)11-14-33(28,9)32(22,8)16-18-34;1-9-26(34)32-18-16-27(2,3)20-22(32)21-10-11-24-29(6)14-13-25(33-35)28(4,5)23(29)12-15-31(24,8)30(21,7)17-19-32;1-9-24(34)32-16-14-27(2,3)19-21(32)20-18-22(33)26-29(6)12-11-25(35)28(4,5)23(29)10-13-31(26,8)30(20,7)15-17-32;1-9-26(33)32-19-17-27(2,3)21-23(32)22-11-12-25-29(6)15-10-14-28(4,5)24(29)13-16-31(25,8)30(22,7)18-20-32/h19,23,25,27-28H,10-18,20H2,1-9H3;10,22-24,35H,9,11-20H2,1-8H3;18,21,23,25-26,35H,9-17,19H2,1-8H3;10-11,14,23-25H,9,12-13,15-21H2,1-8H3/b;33-25+;;/t23-,25-,27-,28+,31-,32+,33+,34-;22-,23-,24+,29-,30+,31+,32-;21-,23-,25-,26+,29-,30+,31+,32-;23-,24-,25+,29-,30+,31+,32-/m0000/s1. The van der Waals surface area contributed by atoms with Gasteiger partial charge in [0, 0.05) is 76.9 Å². The number of carbonyl (C=O) groups excluding carboxylic acids is 7. The monoisotopic (exact) mass is 1940 g/mol. The number of Topliss-reactive ketones (excluding diaryl/α,β-unsaturated/α-hetero) is 4. The van der Waals surface area contributed by atoms with E-state index in [1.807, 2.05) is 13.8 Å². The molecule has 30 atom stereocenters. The van der Waals surface area contributed by atoms with Crippen LogP contribution in [0, 0.1) is 201 Å². The molecule has 788 valence electrons. The number of aliphatic hydroxyl groups is 1. The quantitative estimate of drug-likeness (QED) is 0.0976. The van der Waals surface area contributed by atoms with Crippen LogP contribution in [0.1, 0.15) is 492 Å². The molecule has 0 unspecified atom stereocenters. The van der Waals surface area contributed by atoms with Crippen molar-refractivity contribution in [3.8, 4) is 0 Å². The third-order valence-corrected chi connectivity index (χ3v) is 52.9. The van der Waals surface area contributed by atoms with Crippen LogP contribution >= 0.6 is 0 Å². The second kappa shape index (κ2) is 34.6. The normalized spacial score (nSPS) is 49.0. The Bertz CT molecular complexity index is 5200. The van der Waals surface area contributed by atoms with E-state index in [1.165, 1.54) is 95.1 Å². The molecule has 20 aliphatic rings. The number of oxime groups is 1. The van der Waals surface area contributed by atoms with E-state index >= 15 is 0 Å². The van der Waals surface area contributed by atoms with Crippen LogP contribution in [0.3, 0.4) is 0 Å². The van der Waals surface area contributed by atoms with Crippen LogP contribution in [-0.2, 0) is 38.3 Å². The predicted octanol–water partition coefficient (Wildman–Crippen LogP) is 32.7. The van der Waals surface area contributed by atoms with Gasteiger partial charge in [-0.3, -0.25) is 33.6 Å². The third-order valence-electron chi connectivity index (χ3n) is 52.9. The van der Waals surface area contributed by atoms with Gasteiger partial charge in [-0.1, -0.05) is 273 Å². The summed E-state index contributed by atoms with van der Waals surface area (Å²) in [6.45, 7) is 77.9. The van der Waals surface area contributed by atoms with Crippen LogP contribution in [0.5, 0.6) is 0 Å². The lowest BCUT2D eigenvalue weighted by molar-refractivity contribution is -0.210. The molecule has 0 radical (unpaired) electrons. The van der Waals surface area contributed by atoms with E-state index in [0.29, 0.717) is 123 Å². The number of ether oxygens (including phenoxy) is 1. The van der Waals surface area contributed by atoms with Crippen molar-refractivity contribution in [2.75, 3.05) is 0 Å². The van der Waals surface area contributed by atoms with Gasteiger partial charge in [-0.25, -0.2) is 0 Å². The highest BCUT2D eigenvalue weighted by Crippen LogP contribution is 2.83. The first-order chi connectivity index (χ1) is 65.0. The maximum atomic E-state index is 14.5. The molecule has 15 fully saturated rings. The zero-order valence-corrected chi connectivity index (χ0v) is 96.1. The molecule has 0 amide bonds. The summed E-state index contributed by atoms with van der Waals surface area (Å²) in [7, 11) is 0. The fraction of sp³-hybridized carbons (Fsp3) is 0.862. The summed E-state index contributed by atoms with van der Waals surface area (Å²) in [4.78, 5) is 95.1. The molecule has 11 nitrogen and oxygen atoms in total. The Balaban J connectivity index is 0.000000130. The lowest BCUT2D eigenvalue weighted by Crippen LogP contribution is -2.67. The van der Waals surface area contributed by atoms with Crippen molar-refractivity contribution in [2.24, 2.45) is 206 Å². The fourth-order valence-corrected chi connectivity index (χ4v) is 44.0. The number of hydrogen-bond donors (Lipinski definition) is 2. The summed E-state index contributed by atoms with van der Waals surface area (Å²) in [5.74, 6) is 7.03. The van der Waals surface area contributed by atoms with Gasteiger partial charge in [0.15, 0.2) is 11.6 Å². The molecule has 0 spiro atoms. The van der Waals surface area contributed by atoms with E-state index in [0.717, 1.165) is 178 Å². The molecule has 141 heavy (non-hydrogen) atoms. The van der Waals surface area contributed by atoms with Crippen molar-refractivity contribution in [2.45, 2.75) is 504 Å². The van der Waals surface area contributed by atoms with Gasteiger partial charge in [-0.05, 0) is 406 Å². The minimum atomic E-state index is -0.287. The van der Waals surface area contributed by atoms with E-state index in [1.54, 1.807) is 11.1 Å². The summed E-state index contributed by atoms with van der Waals surface area (Å²) in [6.07, 6.45) is 57.0. The first kappa shape index (κ1) is 108. The molecule has 11 heteroatoms. The van der Waals surface area contributed by atoms with Crippen LogP contribution in [0.15, 0.2) is 63.9 Å². The molecule has 0 aromatic rings. The molecule has 0 bridgehead atoms. The van der Waals surface area contributed by atoms with Crippen LogP contribution in [0.2, 0.25) is 0 Å². The number of nitrogens with zero attached hydrogens (tertiary/aromatic N) is 1. The largest absolute Gasteiger partial charge is 0.462 e. The van der Waals surface area contributed by atoms with E-state index in [2.05, 4.69) is 249 Å². The molecule has 0 heterocycles. The van der Waals surface area contributed by atoms with Crippen LogP contribution in [0.25, 0.3) is 0 Å². The van der Waals surface area contributed by atoms with Crippen molar-refractivity contribution >= 4 is 46.4 Å². The molecular formula is C130H203NO10. The SMILES string of the molecule is CCC(=O)[C@]12CCC(C)(C)C[C@H]1C1=CC(=O)[C@@H]3[C@@]4(C)CC[C@H](O)C(C)(C)[C@@H]4CC[C@@]3(C)[C@]1(C)CC2.CCC(=O)[C@]12CCC(C)(C)C[C@H]1C1=CC(=O)[C@@H]3[C@@]4(C)CC[C@H](OC(C)=O)C(C)(C)[C@@H]4CC[C@@]3(C)[C@]1(C)CC2.CCC(=O)[C@]12CCC(C)(C)C[C@H]1C1=CC[C@@H]3[C@@]4(C)CC/C(=N\O)C(C)(C)[C@@H]4CC[C@@]3(C)[C@]1(C)CC2.CCC(=O)[C@]12CCC(C)(C)C[C@H]1C1=CC[C@@H]3[C@@]4(C)CC=CC(C)(C)[C@@H]4CC[C@@]3(C)[C@]1(C)CC2.